The lowest BCUT2D eigenvalue weighted by atomic mass is 10.2. The van der Waals surface area contributed by atoms with Crippen molar-refractivity contribution in [1.82, 2.24) is 18.7 Å². The van der Waals surface area contributed by atoms with Crippen LogP contribution in [0.5, 0.6) is 11.5 Å². The van der Waals surface area contributed by atoms with Crippen molar-refractivity contribution < 1.29 is 9.84 Å². The summed E-state index contributed by atoms with van der Waals surface area (Å²) in [5, 5.41) is 14.0. The summed E-state index contributed by atoms with van der Waals surface area (Å²) in [6, 6.07) is 14.4. The van der Waals surface area contributed by atoms with Crippen LogP contribution < -0.4 is 21.4 Å². The van der Waals surface area contributed by atoms with E-state index in [0.717, 1.165) is 10.1 Å². The smallest absolute Gasteiger partial charge is 0.332 e. The number of phenols is 1. The number of hydrazone groups is 1. The maximum atomic E-state index is 12.9. The fourth-order valence-corrected chi connectivity index (χ4v) is 3.39. The molecule has 32 heavy (non-hydrogen) atoms. The highest BCUT2D eigenvalue weighted by molar-refractivity contribution is 5.81. The van der Waals surface area contributed by atoms with Gasteiger partial charge in [-0.05, 0) is 29.3 Å². The number of ether oxygens (including phenoxy) is 1. The third-order valence-electron chi connectivity index (χ3n) is 5.11. The summed E-state index contributed by atoms with van der Waals surface area (Å²) >= 11 is 0. The summed E-state index contributed by atoms with van der Waals surface area (Å²) in [5.74, 6) is 0.659. The number of aromatic hydroxyl groups is 1. The summed E-state index contributed by atoms with van der Waals surface area (Å²) in [5.41, 5.74) is 4.17. The zero-order valence-corrected chi connectivity index (χ0v) is 17.8. The topological polar surface area (TPSA) is 116 Å². The van der Waals surface area contributed by atoms with Crippen LogP contribution in [-0.2, 0) is 20.6 Å². The highest BCUT2D eigenvalue weighted by Crippen LogP contribution is 2.25. The molecule has 2 aromatic heterocycles. The molecule has 0 saturated carbocycles. The van der Waals surface area contributed by atoms with E-state index in [2.05, 4.69) is 15.5 Å². The van der Waals surface area contributed by atoms with E-state index in [9.17, 15) is 14.7 Å². The van der Waals surface area contributed by atoms with Crippen LogP contribution in [0.1, 0.15) is 11.1 Å². The molecular weight excluding hydrogens is 412 g/mol. The van der Waals surface area contributed by atoms with E-state index < -0.39 is 11.2 Å². The standard InChI is InChI=1S/C22H22N6O4/c1-26-19-18(20(30)27(2)22(26)31)28(13-14-7-5-4-6-8-14)21(24-19)25-23-12-15-9-10-16(29)17(11-15)32-3/h4-12,29H,13H2,1-3H3,(H,24,25)/b23-12+. The van der Waals surface area contributed by atoms with Crippen LogP contribution in [-0.4, -0.2) is 37.1 Å². The predicted molar refractivity (Wildman–Crippen MR) is 122 cm³/mol. The molecule has 2 aromatic carbocycles. The Morgan fingerprint density at radius 2 is 1.88 bits per heavy atom. The number of imidazole rings is 1. The number of hydrogen-bond donors (Lipinski definition) is 2. The average Bonchev–Trinajstić information content (AvgIpc) is 3.16. The van der Waals surface area contributed by atoms with E-state index in [0.29, 0.717) is 29.3 Å². The molecule has 0 bridgehead atoms. The van der Waals surface area contributed by atoms with E-state index in [-0.39, 0.29) is 11.4 Å². The number of methoxy groups -OCH3 is 1. The van der Waals surface area contributed by atoms with Crippen molar-refractivity contribution in [2.24, 2.45) is 19.2 Å². The first-order valence-electron chi connectivity index (χ1n) is 9.77. The first-order valence-corrected chi connectivity index (χ1v) is 9.77. The molecule has 0 atom stereocenters. The summed E-state index contributed by atoms with van der Waals surface area (Å²) in [4.78, 5) is 29.7. The Kier molecular flexibility index (Phi) is 5.50. The van der Waals surface area contributed by atoms with Crippen LogP contribution in [0.4, 0.5) is 5.95 Å². The fraction of sp³-hybridized carbons (Fsp3) is 0.182. The van der Waals surface area contributed by atoms with Crippen molar-refractivity contribution >= 4 is 23.3 Å². The number of anilines is 1. The van der Waals surface area contributed by atoms with Crippen molar-refractivity contribution in [3.8, 4) is 11.5 Å². The third kappa shape index (κ3) is 3.73. The molecule has 0 spiro atoms. The van der Waals surface area contributed by atoms with Crippen LogP contribution in [0.2, 0.25) is 0 Å². The maximum Gasteiger partial charge on any atom is 0.332 e. The van der Waals surface area contributed by atoms with Gasteiger partial charge in [0.2, 0.25) is 5.95 Å². The molecule has 0 fully saturated rings. The zero-order valence-electron chi connectivity index (χ0n) is 17.8. The first kappa shape index (κ1) is 20.9. The maximum absolute atomic E-state index is 12.9. The minimum absolute atomic E-state index is 0.0269. The van der Waals surface area contributed by atoms with Gasteiger partial charge in [-0.15, -0.1) is 0 Å². The number of nitrogens with one attached hydrogen (secondary N) is 1. The molecule has 0 unspecified atom stereocenters. The Morgan fingerprint density at radius 1 is 1.12 bits per heavy atom. The van der Waals surface area contributed by atoms with Crippen molar-refractivity contribution in [2.45, 2.75) is 6.54 Å². The largest absolute Gasteiger partial charge is 0.504 e. The highest BCUT2D eigenvalue weighted by Gasteiger charge is 2.19. The van der Waals surface area contributed by atoms with Gasteiger partial charge in [0, 0.05) is 14.1 Å². The first-order chi connectivity index (χ1) is 15.4. The van der Waals surface area contributed by atoms with Gasteiger partial charge in [-0.2, -0.15) is 10.1 Å². The quantitative estimate of drug-likeness (QED) is 0.352. The van der Waals surface area contributed by atoms with Gasteiger partial charge in [0.25, 0.3) is 5.56 Å². The Balaban J connectivity index is 1.78. The molecule has 0 aliphatic rings. The van der Waals surface area contributed by atoms with Crippen LogP contribution in [0.3, 0.4) is 0 Å². The van der Waals surface area contributed by atoms with E-state index in [1.165, 1.54) is 31.0 Å². The summed E-state index contributed by atoms with van der Waals surface area (Å²) in [7, 11) is 4.47. The Labute approximate surface area is 182 Å². The molecule has 0 aliphatic heterocycles. The Hall–Kier alpha value is -4.34. The molecule has 4 rings (SSSR count). The predicted octanol–water partition coefficient (Wildman–Crippen LogP) is 1.64. The van der Waals surface area contributed by atoms with Gasteiger partial charge in [0.15, 0.2) is 22.7 Å². The van der Waals surface area contributed by atoms with E-state index in [4.69, 9.17) is 4.74 Å². The second-order valence-electron chi connectivity index (χ2n) is 7.19. The highest BCUT2D eigenvalue weighted by atomic mass is 16.5. The summed E-state index contributed by atoms with van der Waals surface area (Å²) in [6.45, 7) is 0.357. The number of nitrogens with zero attached hydrogens (tertiary/aromatic N) is 5. The van der Waals surface area contributed by atoms with Crippen molar-refractivity contribution in [1.29, 1.82) is 0 Å². The van der Waals surface area contributed by atoms with Gasteiger partial charge in [-0.1, -0.05) is 30.3 Å². The lowest BCUT2D eigenvalue weighted by Gasteiger charge is -2.09. The number of phenolic OH excluding ortho intramolecular Hbond substituents is 1. The number of fused-ring (bicyclic) bond motifs is 1. The van der Waals surface area contributed by atoms with Gasteiger partial charge in [0.05, 0.1) is 19.9 Å². The molecule has 164 valence electrons. The number of aromatic nitrogens is 4. The van der Waals surface area contributed by atoms with Crippen molar-refractivity contribution in [3.63, 3.8) is 0 Å². The molecule has 0 radical (unpaired) electrons. The van der Waals surface area contributed by atoms with Gasteiger partial charge in [-0.25, -0.2) is 10.2 Å². The molecule has 10 nitrogen and oxygen atoms in total. The Morgan fingerprint density at radius 3 is 2.59 bits per heavy atom. The number of hydrogen-bond acceptors (Lipinski definition) is 7. The van der Waals surface area contributed by atoms with Crippen molar-refractivity contribution in [3.05, 3.63) is 80.5 Å². The van der Waals surface area contributed by atoms with Gasteiger partial charge in [0.1, 0.15) is 0 Å². The summed E-state index contributed by atoms with van der Waals surface area (Å²) < 4.78 is 9.19. The molecule has 0 saturated heterocycles. The van der Waals surface area contributed by atoms with Crippen LogP contribution in [0, 0.1) is 0 Å². The van der Waals surface area contributed by atoms with E-state index in [1.807, 2.05) is 30.3 Å². The Bertz CT molecular complexity index is 1430. The van der Waals surface area contributed by atoms with Crippen LogP contribution >= 0.6 is 0 Å². The lowest BCUT2D eigenvalue weighted by Crippen LogP contribution is -2.37. The van der Waals surface area contributed by atoms with Crippen molar-refractivity contribution in [2.75, 3.05) is 12.5 Å². The van der Waals surface area contributed by atoms with Crippen LogP contribution in [0.25, 0.3) is 11.2 Å². The number of benzene rings is 2. The third-order valence-corrected chi connectivity index (χ3v) is 5.11. The number of aryl methyl sites for hydroxylation is 1. The normalized spacial score (nSPS) is 11.3. The van der Waals surface area contributed by atoms with E-state index in [1.54, 1.807) is 23.7 Å². The minimum atomic E-state index is -0.460. The molecule has 0 aliphatic carbocycles. The molecular formula is C22H22N6O4. The molecule has 4 aromatic rings. The summed E-state index contributed by atoms with van der Waals surface area (Å²) in [6.07, 6.45) is 1.53. The fourth-order valence-electron chi connectivity index (χ4n) is 3.39. The molecule has 2 N–H and O–H groups in total. The molecule has 10 heteroatoms. The number of rotatable bonds is 6. The van der Waals surface area contributed by atoms with E-state index >= 15 is 0 Å². The SMILES string of the molecule is COc1cc(/C=N/Nc2nc3c(c(=O)n(C)c(=O)n3C)n2Cc2ccccc2)ccc1O. The van der Waals surface area contributed by atoms with Crippen LogP contribution in [0.15, 0.2) is 63.2 Å². The van der Waals surface area contributed by atoms with Gasteiger partial charge < -0.3 is 9.84 Å². The van der Waals surface area contributed by atoms with Gasteiger partial charge >= 0.3 is 5.69 Å². The monoisotopic (exact) mass is 434 g/mol. The zero-order chi connectivity index (χ0) is 22.8. The van der Waals surface area contributed by atoms with Gasteiger partial charge in [-0.3, -0.25) is 18.5 Å². The average molecular weight is 434 g/mol. The second-order valence-corrected chi connectivity index (χ2v) is 7.19. The molecule has 2 heterocycles. The second kappa shape index (κ2) is 8.42. The molecule has 0 amide bonds. The minimum Gasteiger partial charge on any atom is -0.504 e. The lowest BCUT2D eigenvalue weighted by molar-refractivity contribution is 0.373.